The zero-order valence-electron chi connectivity index (χ0n) is 10.3. The first-order chi connectivity index (χ1) is 8.49. The van der Waals surface area contributed by atoms with Crippen LogP contribution in [0.25, 0.3) is 0 Å². The fourth-order valence-corrected chi connectivity index (χ4v) is 3.51. The molecular formula is C13H15F2NOS. The number of benzene rings is 1. The van der Waals surface area contributed by atoms with Gasteiger partial charge in [-0.25, -0.2) is 8.78 Å². The Kier molecular flexibility index (Phi) is 3.90. The predicted molar refractivity (Wildman–Crippen MR) is 68.8 cm³/mol. The van der Waals surface area contributed by atoms with Gasteiger partial charge in [-0.15, -0.1) is 0 Å². The lowest BCUT2D eigenvalue weighted by Gasteiger charge is -2.34. The van der Waals surface area contributed by atoms with E-state index in [4.69, 9.17) is 0 Å². The van der Waals surface area contributed by atoms with E-state index in [2.05, 4.69) is 0 Å². The molecule has 2 unspecified atom stereocenters. The van der Waals surface area contributed by atoms with Crippen molar-refractivity contribution in [2.75, 3.05) is 13.1 Å². The van der Waals surface area contributed by atoms with E-state index in [0.717, 1.165) is 6.07 Å². The van der Waals surface area contributed by atoms with E-state index < -0.39 is 17.5 Å². The second-order valence-corrected chi connectivity index (χ2v) is 6.45. The van der Waals surface area contributed by atoms with Crippen LogP contribution in [0, 0.1) is 11.6 Å². The normalized spacial score (nSPS) is 24.1. The number of hydrogen-bond acceptors (Lipinski definition) is 2. The first-order valence-corrected chi connectivity index (χ1v) is 6.82. The number of carbonyl (C=O) groups excluding carboxylic acids is 1. The molecule has 0 saturated carbocycles. The van der Waals surface area contributed by atoms with E-state index in [1.807, 2.05) is 13.8 Å². The van der Waals surface area contributed by atoms with Crippen molar-refractivity contribution in [1.29, 1.82) is 0 Å². The molecule has 2 nitrogen and oxygen atoms in total. The maximum Gasteiger partial charge on any atom is 0.257 e. The van der Waals surface area contributed by atoms with Crippen molar-refractivity contribution in [3.05, 3.63) is 35.4 Å². The zero-order valence-corrected chi connectivity index (χ0v) is 11.1. The molecule has 0 N–H and O–H groups in total. The van der Waals surface area contributed by atoms with Crippen LogP contribution in [0.5, 0.6) is 0 Å². The lowest BCUT2D eigenvalue weighted by atomic mass is 10.1. The molecule has 1 aliphatic heterocycles. The van der Waals surface area contributed by atoms with Gasteiger partial charge in [-0.05, 0) is 12.1 Å². The maximum absolute atomic E-state index is 13.6. The van der Waals surface area contributed by atoms with Gasteiger partial charge in [-0.2, -0.15) is 11.8 Å². The molecule has 1 heterocycles. The molecule has 18 heavy (non-hydrogen) atoms. The molecule has 0 spiro atoms. The quantitative estimate of drug-likeness (QED) is 0.782. The Morgan fingerprint density at radius 1 is 1.28 bits per heavy atom. The molecule has 2 rings (SSSR count). The average molecular weight is 271 g/mol. The molecule has 0 aliphatic carbocycles. The van der Waals surface area contributed by atoms with Gasteiger partial charge in [0.15, 0.2) is 11.6 Å². The third-order valence-corrected chi connectivity index (χ3v) is 4.12. The van der Waals surface area contributed by atoms with Gasteiger partial charge >= 0.3 is 0 Å². The summed E-state index contributed by atoms with van der Waals surface area (Å²) in [5, 5.41) is 0.628. The first kappa shape index (κ1) is 13.3. The second-order valence-electron chi connectivity index (χ2n) is 4.57. The molecule has 2 atom stereocenters. The van der Waals surface area contributed by atoms with E-state index in [9.17, 15) is 13.6 Å². The molecule has 0 aromatic heterocycles. The van der Waals surface area contributed by atoms with Gasteiger partial charge < -0.3 is 4.90 Å². The molecule has 0 radical (unpaired) electrons. The van der Waals surface area contributed by atoms with Crippen LogP contribution < -0.4 is 0 Å². The molecular weight excluding hydrogens is 256 g/mol. The number of rotatable bonds is 1. The van der Waals surface area contributed by atoms with Crippen molar-refractivity contribution in [2.24, 2.45) is 0 Å². The number of amides is 1. The van der Waals surface area contributed by atoms with Crippen molar-refractivity contribution in [1.82, 2.24) is 4.90 Å². The third kappa shape index (κ3) is 2.66. The summed E-state index contributed by atoms with van der Waals surface area (Å²) in [6, 6.07) is 3.71. The Labute approximate surface area is 109 Å². The minimum atomic E-state index is -1.05. The minimum absolute atomic E-state index is 0.179. The minimum Gasteiger partial charge on any atom is -0.336 e. The Morgan fingerprint density at radius 3 is 2.50 bits per heavy atom. The van der Waals surface area contributed by atoms with Crippen LogP contribution >= 0.6 is 11.8 Å². The number of halogens is 2. The molecule has 5 heteroatoms. The number of nitrogens with zero attached hydrogens (tertiary/aromatic N) is 1. The van der Waals surface area contributed by atoms with Crippen LogP contribution in [0.15, 0.2) is 18.2 Å². The Bertz CT molecular complexity index is 456. The van der Waals surface area contributed by atoms with E-state index in [1.54, 1.807) is 16.7 Å². The highest BCUT2D eigenvalue weighted by Gasteiger charge is 2.28. The van der Waals surface area contributed by atoms with E-state index in [-0.39, 0.29) is 5.56 Å². The molecule has 1 aromatic carbocycles. The van der Waals surface area contributed by atoms with Gasteiger partial charge in [0, 0.05) is 23.6 Å². The standard InChI is InChI=1S/C13H15F2NOS/c1-8-6-16(7-9(2)18-8)13(17)10-4-3-5-11(14)12(10)15/h3-5,8-9H,6-7H2,1-2H3. The molecule has 1 fully saturated rings. The Balaban J connectivity index is 2.23. The fraction of sp³-hybridized carbons (Fsp3) is 0.462. The lowest BCUT2D eigenvalue weighted by molar-refractivity contribution is 0.0747. The van der Waals surface area contributed by atoms with Gasteiger partial charge in [0.2, 0.25) is 0 Å². The Hall–Kier alpha value is -1.10. The van der Waals surface area contributed by atoms with Crippen LogP contribution in [0.2, 0.25) is 0 Å². The number of hydrogen-bond donors (Lipinski definition) is 0. The summed E-state index contributed by atoms with van der Waals surface area (Å²) < 4.78 is 26.7. The highest BCUT2D eigenvalue weighted by Crippen LogP contribution is 2.26. The monoisotopic (exact) mass is 271 g/mol. The van der Waals surface area contributed by atoms with Gasteiger partial charge in [-0.1, -0.05) is 19.9 Å². The average Bonchev–Trinajstić information content (AvgIpc) is 2.30. The van der Waals surface area contributed by atoms with Gasteiger partial charge in [0.25, 0.3) is 5.91 Å². The van der Waals surface area contributed by atoms with Crippen LogP contribution in [0.1, 0.15) is 24.2 Å². The topological polar surface area (TPSA) is 20.3 Å². The van der Waals surface area contributed by atoms with E-state index in [1.165, 1.54) is 12.1 Å². The SMILES string of the molecule is CC1CN(C(=O)c2cccc(F)c2F)CC(C)S1. The van der Waals surface area contributed by atoms with Gasteiger partial charge in [-0.3, -0.25) is 4.79 Å². The number of carbonyl (C=O) groups is 1. The van der Waals surface area contributed by atoms with Crippen molar-refractivity contribution in [2.45, 2.75) is 24.3 Å². The second kappa shape index (κ2) is 5.26. The summed E-state index contributed by atoms with van der Waals surface area (Å²) in [6.45, 7) is 5.21. The van der Waals surface area contributed by atoms with Crippen LogP contribution in [0.3, 0.4) is 0 Å². The summed E-state index contributed by atoms with van der Waals surface area (Å²) in [5.74, 6) is -2.46. The molecule has 1 saturated heterocycles. The first-order valence-electron chi connectivity index (χ1n) is 5.87. The summed E-state index contributed by atoms with van der Waals surface area (Å²) in [4.78, 5) is 13.8. The van der Waals surface area contributed by atoms with Crippen LogP contribution in [-0.2, 0) is 0 Å². The summed E-state index contributed by atoms with van der Waals surface area (Å²) in [6.07, 6.45) is 0. The summed E-state index contributed by atoms with van der Waals surface area (Å²) >= 11 is 1.80. The lowest BCUT2D eigenvalue weighted by Crippen LogP contribution is -2.44. The zero-order chi connectivity index (χ0) is 13.3. The molecule has 1 aromatic rings. The maximum atomic E-state index is 13.6. The van der Waals surface area contributed by atoms with Crippen molar-refractivity contribution < 1.29 is 13.6 Å². The molecule has 1 amide bonds. The van der Waals surface area contributed by atoms with Gasteiger partial charge in [0.1, 0.15) is 0 Å². The van der Waals surface area contributed by atoms with Crippen molar-refractivity contribution in [3.8, 4) is 0 Å². The smallest absolute Gasteiger partial charge is 0.257 e. The van der Waals surface area contributed by atoms with Crippen LogP contribution in [0.4, 0.5) is 8.78 Å². The molecule has 0 bridgehead atoms. The highest BCUT2D eigenvalue weighted by molar-refractivity contribution is 8.00. The summed E-state index contributed by atoms with van der Waals surface area (Å²) in [7, 11) is 0. The predicted octanol–water partition coefficient (Wildman–Crippen LogP) is 2.93. The fourth-order valence-electron chi connectivity index (χ4n) is 2.18. The van der Waals surface area contributed by atoms with E-state index >= 15 is 0 Å². The Morgan fingerprint density at radius 2 is 1.89 bits per heavy atom. The molecule has 98 valence electrons. The number of thioether (sulfide) groups is 1. The van der Waals surface area contributed by atoms with Crippen molar-refractivity contribution in [3.63, 3.8) is 0 Å². The van der Waals surface area contributed by atoms with E-state index in [0.29, 0.717) is 23.6 Å². The summed E-state index contributed by atoms with van der Waals surface area (Å²) in [5.41, 5.74) is -0.179. The van der Waals surface area contributed by atoms with Gasteiger partial charge in [0.05, 0.1) is 5.56 Å². The molecule has 1 aliphatic rings. The highest BCUT2D eigenvalue weighted by atomic mass is 32.2. The largest absolute Gasteiger partial charge is 0.336 e. The third-order valence-electron chi connectivity index (χ3n) is 2.89. The van der Waals surface area contributed by atoms with Crippen molar-refractivity contribution >= 4 is 17.7 Å². The van der Waals surface area contributed by atoms with Crippen LogP contribution in [-0.4, -0.2) is 34.4 Å².